The zero-order chi connectivity index (χ0) is 22.4. The molecule has 3 aromatic heterocycles. The van der Waals surface area contributed by atoms with Crippen molar-refractivity contribution in [3.63, 3.8) is 0 Å². The number of nitrogens with zero attached hydrogens (tertiary/aromatic N) is 2. The van der Waals surface area contributed by atoms with Crippen LogP contribution < -0.4 is 4.57 Å². The standard InChI is InChI=1S/C30H22FN2/c1-17-13-24-23-10-9-22(31)16-25(23)33-26-15-21(19-7-5-4-6-8-19)14-20-11-12-32(3)30(28(20)26)27(18(17)2)29(24)33/h4-16H,1-3H3/q+1. The first-order valence-electron chi connectivity index (χ1n) is 11.3. The molecule has 0 bridgehead atoms. The van der Waals surface area contributed by atoms with Gasteiger partial charge in [-0.25, -0.2) is 8.96 Å². The van der Waals surface area contributed by atoms with Gasteiger partial charge in [0.05, 0.1) is 27.3 Å². The minimum atomic E-state index is -0.212. The third kappa shape index (κ3) is 2.34. The minimum absolute atomic E-state index is 0.212. The number of hydrogen-bond donors (Lipinski definition) is 0. The van der Waals surface area contributed by atoms with Crippen LogP contribution in [0.4, 0.5) is 4.39 Å². The molecule has 0 aliphatic heterocycles. The number of rotatable bonds is 1. The summed E-state index contributed by atoms with van der Waals surface area (Å²) in [6.07, 6.45) is 2.15. The highest BCUT2D eigenvalue weighted by atomic mass is 19.1. The highest BCUT2D eigenvalue weighted by Gasteiger charge is 2.25. The Morgan fingerprint density at radius 3 is 2.39 bits per heavy atom. The van der Waals surface area contributed by atoms with Gasteiger partial charge in [0.1, 0.15) is 12.9 Å². The van der Waals surface area contributed by atoms with Crippen molar-refractivity contribution in [2.45, 2.75) is 13.8 Å². The molecule has 0 spiro atoms. The fourth-order valence-corrected chi connectivity index (χ4v) is 5.67. The molecule has 0 radical (unpaired) electrons. The molecular formula is C30H22FN2+. The maximum atomic E-state index is 14.5. The molecule has 0 amide bonds. The van der Waals surface area contributed by atoms with E-state index < -0.39 is 0 Å². The summed E-state index contributed by atoms with van der Waals surface area (Å²) < 4.78 is 19.1. The van der Waals surface area contributed by atoms with Crippen LogP contribution in [0, 0.1) is 19.7 Å². The molecule has 0 fully saturated rings. The summed E-state index contributed by atoms with van der Waals surface area (Å²) in [5, 5.41) is 5.91. The monoisotopic (exact) mass is 429 g/mol. The van der Waals surface area contributed by atoms with Crippen molar-refractivity contribution in [1.82, 2.24) is 4.40 Å². The number of benzene rings is 4. The van der Waals surface area contributed by atoms with Gasteiger partial charge in [-0.1, -0.05) is 30.3 Å². The van der Waals surface area contributed by atoms with Gasteiger partial charge < -0.3 is 4.40 Å². The SMILES string of the molecule is Cc1cc2c3ccc(F)cc3n3c4cc(-c5ccccc5)cc5cc[n+](C)c(c(c1C)c23)c54. The van der Waals surface area contributed by atoms with Gasteiger partial charge in [-0.15, -0.1) is 0 Å². The second-order valence-electron chi connectivity index (χ2n) is 9.19. The molecule has 0 unspecified atom stereocenters. The van der Waals surface area contributed by atoms with Crippen molar-refractivity contribution in [3.8, 4) is 11.1 Å². The molecule has 0 atom stereocenters. The van der Waals surface area contributed by atoms with E-state index in [1.807, 2.05) is 12.1 Å². The van der Waals surface area contributed by atoms with E-state index in [1.165, 1.54) is 49.3 Å². The lowest BCUT2D eigenvalue weighted by atomic mass is 9.94. The highest BCUT2D eigenvalue weighted by molar-refractivity contribution is 6.26. The summed E-state index contributed by atoms with van der Waals surface area (Å²) in [6, 6.07) is 24.6. The number of fused-ring (bicyclic) bond motifs is 5. The molecule has 0 saturated heterocycles. The van der Waals surface area contributed by atoms with E-state index in [9.17, 15) is 4.39 Å². The average Bonchev–Trinajstić information content (AvgIpc) is 3.14. The van der Waals surface area contributed by atoms with Gasteiger partial charge in [-0.05, 0) is 77.9 Å². The largest absolute Gasteiger partial charge is 0.307 e. The molecule has 2 nitrogen and oxygen atoms in total. The maximum absolute atomic E-state index is 14.5. The van der Waals surface area contributed by atoms with E-state index in [0.29, 0.717) is 0 Å². The Hall–Kier alpha value is -3.98. The first kappa shape index (κ1) is 18.6. The molecule has 4 aromatic carbocycles. The summed E-state index contributed by atoms with van der Waals surface area (Å²) in [5.41, 5.74) is 9.28. The van der Waals surface area contributed by atoms with Gasteiger partial charge >= 0.3 is 0 Å². The molecule has 0 saturated carbocycles. The second-order valence-corrected chi connectivity index (χ2v) is 9.19. The molecule has 7 aromatic rings. The summed E-state index contributed by atoms with van der Waals surface area (Å²) >= 11 is 0. The third-order valence-electron chi connectivity index (χ3n) is 7.33. The van der Waals surface area contributed by atoms with Crippen molar-refractivity contribution >= 4 is 49.0 Å². The highest BCUT2D eigenvalue weighted by Crippen LogP contribution is 2.42. The Labute approximate surface area is 190 Å². The van der Waals surface area contributed by atoms with Crippen LogP contribution in [0.1, 0.15) is 11.1 Å². The number of hydrogen-bond acceptors (Lipinski definition) is 0. The quantitative estimate of drug-likeness (QED) is 0.148. The van der Waals surface area contributed by atoms with Crippen molar-refractivity contribution < 1.29 is 8.96 Å². The minimum Gasteiger partial charge on any atom is -0.307 e. The number of pyridine rings is 2. The molecule has 158 valence electrons. The van der Waals surface area contributed by atoms with Gasteiger partial charge in [0.25, 0.3) is 0 Å². The zero-order valence-corrected chi connectivity index (χ0v) is 18.8. The van der Waals surface area contributed by atoms with Gasteiger partial charge in [0, 0.05) is 16.8 Å². The second kappa shape index (κ2) is 6.29. The predicted molar refractivity (Wildman–Crippen MR) is 135 cm³/mol. The van der Waals surface area contributed by atoms with Crippen LogP contribution in [0.15, 0.2) is 79.0 Å². The van der Waals surface area contributed by atoms with Crippen LogP contribution in [0.5, 0.6) is 0 Å². The Balaban J connectivity index is 1.87. The number of aryl methyl sites for hydroxylation is 3. The molecule has 0 aliphatic carbocycles. The maximum Gasteiger partial charge on any atom is 0.224 e. The Kier molecular flexibility index (Phi) is 3.54. The molecule has 0 N–H and O–H groups in total. The van der Waals surface area contributed by atoms with Gasteiger partial charge in [0.2, 0.25) is 5.52 Å². The fraction of sp³-hybridized carbons (Fsp3) is 0.100. The van der Waals surface area contributed by atoms with E-state index in [1.54, 1.807) is 12.1 Å². The molecular weight excluding hydrogens is 407 g/mol. The molecule has 0 aliphatic rings. The molecule has 7 rings (SSSR count). The summed E-state index contributed by atoms with van der Waals surface area (Å²) in [5.74, 6) is -0.212. The third-order valence-corrected chi connectivity index (χ3v) is 7.33. The van der Waals surface area contributed by atoms with Crippen molar-refractivity contribution in [2.75, 3.05) is 0 Å². The number of halogens is 1. The van der Waals surface area contributed by atoms with Crippen molar-refractivity contribution in [3.05, 3.63) is 95.9 Å². The zero-order valence-electron chi connectivity index (χ0n) is 18.8. The fourth-order valence-electron chi connectivity index (χ4n) is 5.67. The van der Waals surface area contributed by atoms with E-state index in [0.717, 1.165) is 22.0 Å². The Morgan fingerprint density at radius 2 is 1.58 bits per heavy atom. The molecule has 3 heteroatoms. The van der Waals surface area contributed by atoms with Crippen molar-refractivity contribution in [1.29, 1.82) is 0 Å². The molecule has 33 heavy (non-hydrogen) atoms. The normalized spacial score (nSPS) is 12.2. The summed E-state index contributed by atoms with van der Waals surface area (Å²) in [4.78, 5) is 0. The van der Waals surface area contributed by atoms with Crippen LogP contribution in [-0.4, -0.2) is 4.40 Å². The predicted octanol–water partition coefficient (Wildman–Crippen LogP) is 7.24. The lowest BCUT2D eigenvalue weighted by Gasteiger charge is -2.15. The smallest absolute Gasteiger partial charge is 0.224 e. The van der Waals surface area contributed by atoms with Gasteiger partial charge in [-0.2, -0.15) is 0 Å². The van der Waals surface area contributed by atoms with E-state index in [4.69, 9.17) is 0 Å². The topological polar surface area (TPSA) is 8.29 Å². The van der Waals surface area contributed by atoms with Crippen LogP contribution >= 0.6 is 0 Å². The van der Waals surface area contributed by atoms with Crippen LogP contribution in [0.25, 0.3) is 60.1 Å². The lowest BCUT2D eigenvalue weighted by Crippen LogP contribution is -2.29. The summed E-state index contributed by atoms with van der Waals surface area (Å²) in [6.45, 7) is 4.38. The first-order chi connectivity index (χ1) is 16.0. The Bertz CT molecular complexity index is 1890. The van der Waals surface area contributed by atoms with Crippen LogP contribution in [-0.2, 0) is 7.05 Å². The van der Waals surface area contributed by atoms with E-state index >= 15 is 0 Å². The van der Waals surface area contributed by atoms with Crippen molar-refractivity contribution in [2.24, 2.45) is 7.05 Å². The average molecular weight is 430 g/mol. The van der Waals surface area contributed by atoms with Gasteiger partial charge in [0.15, 0.2) is 6.20 Å². The van der Waals surface area contributed by atoms with Gasteiger partial charge in [-0.3, -0.25) is 0 Å². The van der Waals surface area contributed by atoms with Crippen LogP contribution in [0.2, 0.25) is 0 Å². The van der Waals surface area contributed by atoms with E-state index in [2.05, 4.69) is 84.6 Å². The van der Waals surface area contributed by atoms with Crippen LogP contribution in [0.3, 0.4) is 0 Å². The Morgan fingerprint density at radius 1 is 0.758 bits per heavy atom. The number of aromatic nitrogens is 2. The molecule has 3 heterocycles. The van der Waals surface area contributed by atoms with E-state index in [-0.39, 0.29) is 5.82 Å². The lowest BCUT2D eigenvalue weighted by molar-refractivity contribution is -0.643. The summed E-state index contributed by atoms with van der Waals surface area (Å²) in [7, 11) is 2.12. The first-order valence-corrected chi connectivity index (χ1v) is 11.3.